The number of hydrogen-bond donors (Lipinski definition) is 1. The molecule has 0 unspecified atom stereocenters. The fourth-order valence-electron chi connectivity index (χ4n) is 1.58. The number of rotatable bonds is 8. The maximum Gasteiger partial charge on any atom is 0.0614 e. The van der Waals surface area contributed by atoms with Crippen molar-refractivity contribution in [2.24, 2.45) is 0 Å². The number of aliphatic hydroxyl groups is 1. The molecule has 0 atom stereocenters. The summed E-state index contributed by atoms with van der Waals surface area (Å²) in [5, 5.41) is 8.72. The zero-order valence-corrected chi connectivity index (χ0v) is 10.9. The van der Waals surface area contributed by atoms with E-state index in [4.69, 9.17) is 5.11 Å². The summed E-state index contributed by atoms with van der Waals surface area (Å²) in [5.74, 6) is 0. The molecule has 0 aromatic carbocycles. The Morgan fingerprint density at radius 3 is 2.50 bits per heavy atom. The van der Waals surface area contributed by atoms with Gasteiger partial charge in [0.15, 0.2) is 0 Å². The molecule has 2 nitrogen and oxygen atoms in total. The molecule has 2 heteroatoms. The minimum atomic E-state index is 0.149. The smallest absolute Gasteiger partial charge is 0.0614 e. The van der Waals surface area contributed by atoms with Crippen LogP contribution in [0.15, 0.2) is 36.0 Å². The van der Waals surface area contributed by atoms with Crippen LogP contribution in [0.4, 0.5) is 0 Å². The van der Waals surface area contributed by atoms with Gasteiger partial charge in [0.05, 0.1) is 6.61 Å². The second kappa shape index (κ2) is 9.37. The van der Waals surface area contributed by atoms with Gasteiger partial charge in [0.2, 0.25) is 0 Å². The molecule has 0 aliphatic heterocycles. The first-order chi connectivity index (χ1) is 7.60. The quantitative estimate of drug-likeness (QED) is 0.640. The Morgan fingerprint density at radius 1 is 1.25 bits per heavy atom. The van der Waals surface area contributed by atoms with Gasteiger partial charge in [0.25, 0.3) is 0 Å². The second-order valence-electron chi connectivity index (χ2n) is 4.31. The van der Waals surface area contributed by atoms with Crippen molar-refractivity contribution in [3.8, 4) is 0 Å². The molecule has 16 heavy (non-hydrogen) atoms. The Morgan fingerprint density at radius 2 is 1.94 bits per heavy atom. The first kappa shape index (κ1) is 15.1. The van der Waals surface area contributed by atoms with E-state index in [0.29, 0.717) is 0 Å². The van der Waals surface area contributed by atoms with Crippen molar-refractivity contribution in [2.45, 2.75) is 26.7 Å². The first-order valence-corrected chi connectivity index (χ1v) is 5.81. The molecule has 0 aliphatic rings. The number of likely N-dealkylation sites (N-methyl/N-ethyl adjacent to an activating group) is 1. The summed E-state index contributed by atoms with van der Waals surface area (Å²) in [4.78, 5) is 2.23. The van der Waals surface area contributed by atoms with Gasteiger partial charge in [0, 0.05) is 13.1 Å². The molecule has 0 aliphatic carbocycles. The predicted octanol–water partition coefficient (Wildman–Crippen LogP) is 2.77. The largest absolute Gasteiger partial charge is 0.392 e. The zero-order valence-electron chi connectivity index (χ0n) is 10.9. The average molecular weight is 223 g/mol. The summed E-state index contributed by atoms with van der Waals surface area (Å²) < 4.78 is 0. The van der Waals surface area contributed by atoms with Crippen molar-refractivity contribution in [2.75, 3.05) is 26.7 Å². The van der Waals surface area contributed by atoms with Crippen molar-refractivity contribution in [1.82, 2.24) is 4.90 Å². The third-order valence-corrected chi connectivity index (χ3v) is 2.43. The van der Waals surface area contributed by atoms with E-state index in [-0.39, 0.29) is 6.61 Å². The Bertz CT molecular complexity index is 253. The molecule has 0 spiro atoms. The van der Waals surface area contributed by atoms with E-state index in [0.717, 1.165) is 25.9 Å². The summed E-state index contributed by atoms with van der Waals surface area (Å²) in [5.41, 5.74) is 2.65. The van der Waals surface area contributed by atoms with Crippen LogP contribution in [-0.2, 0) is 0 Å². The topological polar surface area (TPSA) is 23.5 Å². The van der Waals surface area contributed by atoms with E-state index in [1.807, 2.05) is 12.2 Å². The number of hydrogen-bond acceptors (Lipinski definition) is 2. The average Bonchev–Trinajstić information content (AvgIpc) is 2.18. The summed E-state index contributed by atoms with van der Waals surface area (Å²) in [6, 6.07) is 0. The molecular weight excluding hydrogens is 198 g/mol. The fourth-order valence-corrected chi connectivity index (χ4v) is 1.58. The summed E-state index contributed by atoms with van der Waals surface area (Å²) in [6.07, 6.45) is 8.14. The Labute approximate surface area is 100.0 Å². The fraction of sp³-hybridized carbons (Fsp3) is 0.571. The van der Waals surface area contributed by atoms with Crippen molar-refractivity contribution >= 4 is 0 Å². The molecule has 0 fully saturated rings. The van der Waals surface area contributed by atoms with Crippen LogP contribution >= 0.6 is 0 Å². The van der Waals surface area contributed by atoms with Gasteiger partial charge in [-0.2, -0.15) is 0 Å². The molecule has 1 N–H and O–H groups in total. The van der Waals surface area contributed by atoms with Crippen molar-refractivity contribution in [3.05, 3.63) is 36.0 Å². The zero-order chi connectivity index (χ0) is 12.4. The van der Waals surface area contributed by atoms with Crippen LogP contribution < -0.4 is 0 Å². The highest BCUT2D eigenvalue weighted by Gasteiger charge is 1.96. The predicted molar refractivity (Wildman–Crippen MR) is 71.5 cm³/mol. The van der Waals surface area contributed by atoms with E-state index in [9.17, 15) is 0 Å². The van der Waals surface area contributed by atoms with Crippen LogP contribution in [0, 0.1) is 0 Å². The van der Waals surface area contributed by atoms with Gasteiger partial charge >= 0.3 is 0 Å². The number of allylic oxidation sites excluding steroid dienone is 2. The van der Waals surface area contributed by atoms with Gasteiger partial charge in [-0.05, 0) is 33.7 Å². The van der Waals surface area contributed by atoms with Crippen LogP contribution in [0.5, 0.6) is 0 Å². The summed E-state index contributed by atoms with van der Waals surface area (Å²) >= 11 is 0. The molecule has 0 amide bonds. The molecule has 0 aromatic heterocycles. The molecule has 0 radical (unpaired) electrons. The summed E-state index contributed by atoms with van der Waals surface area (Å²) in [7, 11) is 2.09. The molecule has 0 bridgehead atoms. The molecule has 92 valence electrons. The van der Waals surface area contributed by atoms with Gasteiger partial charge in [0.1, 0.15) is 0 Å². The van der Waals surface area contributed by atoms with Crippen LogP contribution in [0.3, 0.4) is 0 Å². The van der Waals surface area contributed by atoms with Gasteiger partial charge in [-0.1, -0.05) is 29.4 Å². The van der Waals surface area contributed by atoms with Crippen molar-refractivity contribution in [1.29, 1.82) is 0 Å². The SMILES string of the molecule is C=CCN(C)C/C(C)=C/CC/C(C)=C/CO. The third kappa shape index (κ3) is 8.45. The lowest BCUT2D eigenvalue weighted by Gasteiger charge is -2.14. The highest BCUT2D eigenvalue weighted by atomic mass is 16.2. The second-order valence-corrected chi connectivity index (χ2v) is 4.31. The normalized spacial score (nSPS) is 13.3. The minimum Gasteiger partial charge on any atom is -0.392 e. The van der Waals surface area contributed by atoms with Gasteiger partial charge in [-0.15, -0.1) is 6.58 Å². The maximum atomic E-state index is 8.72. The van der Waals surface area contributed by atoms with Gasteiger partial charge < -0.3 is 5.11 Å². The minimum absolute atomic E-state index is 0.149. The number of nitrogens with zero attached hydrogens (tertiary/aromatic N) is 1. The highest BCUT2D eigenvalue weighted by Crippen LogP contribution is 2.07. The molecule has 0 rings (SSSR count). The van der Waals surface area contributed by atoms with Crippen LogP contribution in [-0.4, -0.2) is 36.8 Å². The lowest BCUT2D eigenvalue weighted by Crippen LogP contribution is -2.20. The lowest BCUT2D eigenvalue weighted by molar-refractivity contribution is 0.341. The van der Waals surface area contributed by atoms with E-state index in [2.05, 4.69) is 38.5 Å². The Balaban J connectivity index is 3.86. The lowest BCUT2D eigenvalue weighted by atomic mass is 10.1. The Kier molecular flexibility index (Phi) is 8.87. The molecule has 0 heterocycles. The summed E-state index contributed by atoms with van der Waals surface area (Å²) in [6.45, 7) is 10.0. The van der Waals surface area contributed by atoms with E-state index < -0.39 is 0 Å². The third-order valence-electron chi connectivity index (χ3n) is 2.43. The van der Waals surface area contributed by atoms with Gasteiger partial charge in [-0.3, -0.25) is 4.90 Å². The van der Waals surface area contributed by atoms with Crippen LogP contribution in [0.25, 0.3) is 0 Å². The first-order valence-electron chi connectivity index (χ1n) is 5.81. The number of aliphatic hydroxyl groups excluding tert-OH is 1. The molecule has 0 saturated carbocycles. The monoisotopic (exact) mass is 223 g/mol. The van der Waals surface area contributed by atoms with Gasteiger partial charge in [-0.25, -0.2) is 0 Å². The molecular formula is C14H25NO. The van der Waals surface area contributed by atoms with Crippen LogP contribution in [0.2, 0.25) is 0 Å². The highest BCUT2D eigenvalue weighted by molar-refractivity contribution is 5.05. The molecule has 0 saturated heterocycles. The standard InChI is InChI=1S/C14H25NO/c1-5-10-15(4)12-14(3)8-6-7-13(2)9-11-16/h5,8-9,16H,1,6-7,10-12H2,2-4H3/b13-9+,14-8+. The van der Waals surface area contributed by atoms with E-state index in [1.165, 1.54) is 11.1 Å². The van der Waals surface area contributed by atoms with E-state index in [1.54, 1.807) is 0 Å². The Hall–Kier alpha value is -0.860. The van der Waals surface area contributed by atoms with Crippen molar-refractivity contribution < 1.29 is 5.11 Å². The van der Waals surface area contributed by atoms with Crippen molar-refractivity contribution in [3.63, 3.8) is 0 Å². The van der Waals surface area contributed by atoms with Crippen LogP contribution in [0.1, 0.15) is 26.7 Å². The maximum absolute atomic E-state index is 8.72. The van der Waals surface area contributed by atoms with E-state index >= 15 is 0 Å². The molecule has 0 aromatic rings.